The van der Waals surface area contributed by atoms with E-state index in [4.69, 9.17) is 5.73 Å². The van der Waals surface area contributed by atoms with Gasteiger partial charge in [-0.05, 0) is 51.9 Å². The van der Waals surface area contributed by atoms with Gasteiger partial charge in [-0.2, -0.15) is 13.2 Å². The Morgan fingerprint density at radius 3 is 2.41 bits per heavy atom. The second-order valence-corrected chi connectivity index (χ2v) is 6.76. The van der Waals surface area contributed by atoms with Gasteiger partial charge >= 0.3 is 6.18 Å². The Hall–Kier alpha value is -2.21. The summed E-state index contributed by atoms with van der Waals surface area (Å²) in [5, 5.41) is 10.4. The second kappa shape index (κ2) is 9.65. The van der Waals surface area contributed by atoms with Gasteiger partial charge in [0.2, 0.25) is 0 Å². The molecule has 6 heteroatoms. The van der Waals surface area contributed by atoms with Crippen molar-refractivity contribution in [2.45, 2.75) is 46.3 Å². The first kappa shape index (κ1) is 22.8. The smallest absolute Gasteiger partial charge is 0.416 e. The molecular weight excluding hydrogens is 353 g/mol. The van der Waals surface area contributed by atoms with Gasteiger partial charge in [0.1, 0.15) is 5.75 Å². The quantitative estimate of drug-likeness (QED) is 0.615. The highest BCUT2D eigenvalue weighted by molar-refractivity contribution is 5.48. The van der Waals surface area contributed by atoms with Crippen LogP contribution in [-0.4, -0.2) is 23.6 Å². The fourth-order valence-corrected chi connectivity index (χ4v) is 2.94. The van der Waals surface area contributed by atoms with Crippen molar-refractivity contribution in [2.24, 2.45) is 5.73 Å². The Kier molecular flexibility index (Phi) is 8.16. The van der Waals surface area contributed by atoms with Crippen LogP contribution in [0.15, 0.2) is 47.7 Å². The zero-order valence-electron chi connectivity index (χ0n) is 16.6. The van der Waals surface area contributed by atoms with Crippen molar-refractivity contribution >= 4 is 0 Å². The number of aromatic hydroxyl groups is 1. The molecule has 3 nitrogen and oxygen atoms in total. The average molecular weight is 382 g/mol. The van der Waals surface area contributed by atoms with Crippen molar-refractivity contribution in [2.75, 3.05) is 13.6 Å². The third-order valence-corrected chi connectivity index (χ3v) is 4.27. The van der Waals surface area contributed by atoms with Gasteiger partial charge in [0.25, 0.3) is 0 Å². The van der Waals surface area contributed by atoms with Crippen molar-refractivity contribution in [3.8, 4) is 5.75 Å². The lowest BCUT2D eigenvalue weighted by Crippen LogP contribution is -2.27. The van der Waals surface area contributed by atoms with Crippen LogP contribution in [0.4, 0.5) is 13.2 Å². The first-order chi connectivity index (χ1) is 12.5. The molecule has 0 aromatic heterocycles. The summed E-state index contributed by atoms with van der Waals surface area (Å²) in [5.74, 6) is -0.361. The summed E-state index contributed by atoms with van der Waals surface area (Å²) < 4.78 is 39.1. The van der Waals surface area contributed by atoms with Crippen molar-refractivity contribution in [3.05, 3.63) is 64.4 Å². The topological polar surface area (TPSA) is 49.5 Å². The van der Waals surface area contributed by atoms with Crippen molar-refractivity contribution in [3.63, 3.8) is 0 Å². The largest absolute Gasteiger partial charge is 0.508 e. The zero-order chi connectivity index (χ0) is 20.8. The molecule has 1 aromatic carbocycles. The third kappa shape index (κ3) is 6.47. The van der Waals surface area contributed by atoms with E-state index in [2.05, 4.69) is 0 Å². The SMILES string of the molecule is CC/C=C\C=C(/C)C(c1c(C)cc(C(F)(F)F)cc1O)N(C)C/C=C(\C)N. The number of benzene rings is 1. The van der Waals surface area contributed by atoms with Gasteiger partial charge in [-0.25, -0.2) is 0 Å². The van der Waals surface area contributed by atoms with E-state index >= 15 is 0 Å². The van der Waals surface area contributed by atoms with E-state index < -0.39 is 11.7 Å². The molecule has 0 saturated heterocycles. The molecule has 1 rings (SSSR count). The number of aryl methyl sites for hydroxylation is 1. The lowest BCUT2D eigenvalue weighted by Gasteiger charge is -2.31. The number of alkyl halides is 3. The second-order valence-electron chi connectivity index (χ2n) is 6.76. The molecule has 0 radical (unpaired) electrons. The molecule has 1 atom stereocenters. The highest BCUT2D eigenvalue weighted by Gasteiger charge is 2.33. The molecule has 1 unspecified atom stereocenters. The van der Waals surface area contributed by atoms with Crippen LogP contribution in [-0.2, 0) is 6.18 Å². The number of allylic oxidation sites excluding steroid dienone is 4. The Bertz CT molecular complexity index is 706. The molecule has 0 heterocycles. The normalized spacial score (nSPS) is 15.0. The van der Waals surface area contributed by atoms with Gasteiger partial charge in [0, 0.05) is 17.8 Å². The molecule has 0 bridgehead atoms. The molecule has 0 fully saturated rings. The van der Waals surface area contributed by atoms with Gasteiger partial charge in [0.15, 0.2) is 0 Å². The van der Waals surface area contributed by atoms with Crippen molar-refractivity contribution in [1.29, 1.82) is 0 Å². The number of nitrogens with zero attached hydrogens (tertiary/aromatic N) is 1. The van der Waals surface area contributed by atoms with Crippen molar-refractivity contribution < 1.29 is 18.3 Å². The minimum Gasteiger partial charge on any atom is -0.508 e. The summed E-state index contributed by atoms with van der Waals surface area (Å²) in [6, 6.07) is 1.49. The van der Waals surface area contributed by atoms with E-state index in [0.29, 0.717) is 23.4 Å². The molecule has 0 amide bonds. The molecule has 0 spiro atoms. The fourth-order valence-electron chi connectivity index (χ4n) is 2.94. The standard InChI is InChI=1S/C21H29F3N2O/c1-6-7-8-9-14(2)20(26(5)11-10-16(4)25)19-15(3)12-17(13-18(19)27)21(22,23)24/h7-10,12-13,20,27H,6,11,25H2,1-5H3/b8-7-,14-9+,16-10+. The number of phenols is 1. The number of hydrogen-bond acceptors (Lipinski definition) is 3. The fraction of sp³-hybridized carbons (Fsp3) is 0.429. The summed E-state index contributed by atoms with van der Waals surface area (Å²) in [7, 11) is 1.85. The molecule has 0 saturated carbocycles. The van der Waals surface area contributed by atoms with E-state index in [0.717, 1.165) is 24.1 Å². The van der Waals surface area contributed by atoms with Crippen LogP contribution in [0.5, 0.6) is 5.75 Å². The van der Waals surface area contributed by atoms with E-state index in [1.165, 1.54) is 0 Å². The summed E-state index contributed by atoms with van der Waals surface area (Å²) in [6.45, 7) is 7.77. The van der Waals surface area contributed by atoms with Crippen LogP contribution >= 0.6 is 0 Å². The molecular formula is C21H29F3N2O. The maximum Gasteiger partial charge on any atom is 0.416 e. The Morgan fingerprint density at radius 2 is 1.93 bits per heavy atom. The molecule has 1 aromatic rings. The summed E-state index contributed by atoms with van der Waals surface area (Å²) in [4.78, 5) is 1.94. The van der Waals surface area contributed by atoms with Crippen LogP contribution in [0.3, 0.4) is 0 Å². The minimum absolute atomic E-state index is 0.361. The van der Waals surface area contributed by atoms with Crippen LogP contribution in [0, 0.1) is 6.92 Å². The van der Waals surface area contributed by atoms with Crippen LogP contribution in [0.25, 0.3) is 0 Å². The van der Waals surface area contributed by atoms with Crippen LogP contribution in [0.2, 0.25) is 0 Å². The van der Waals surface area contributed by atoms with Gasteiger partial charge < -0.3 is 10.8 Å². The lowest BCUT2D eigenvalue weighted by atomic mass is 9.91. The van der Waals surface area contributed by atoms with Gasteiger partial charge in [0.05, 0.1) is 11.6 Å². The predicted octanol–water partition coefficient (Wildman–Crippen LogP) is 5.47. The van der Waals surface area contributed by atoms with Crippen LogP contribution in [0.1, 0.15) is 49.9 Å². The van der Waals surface area contributed by atoms with E-state index in [-0.39, 0.29) is 11.8 Å². The summed E-state index contributed by atoms with van der Waals surface area (Å²) in [5.41, 5.74) is 7.28. The highest BCUT2D eigenvalue weighted by atomic mass is 19.4. The Balaban J connectivity index is 3.48. The number of phenolic OH excluding ortho intramolecular Hbond substituents is 1. The predicted molar refractivity (Wildman–Crippen MR) is 104 cm³/mol. The highest BCUT2D eigenvalue weighted by Crippen LogP contribution is 2.40. The minimum atomic E-state index is -4.50. The Labute approximate surface area is 159 Å². The summed E-state index contributed by atoms with van der Waals surface area (Å²) in [6.07, 6.45) is 4.03. The maximum absolute atomic E-state index is 13.0. The molecule has 0 aliphatic carbocycles. The first-order valence-electron chi connectivity index (χ1n) is 8.85. The number of hydrogen-bond donors (Lipinski definition) is 2. The first-order valence-corrected chi connectivity index (χ1v) is 8.85. The summed E-state index contributed by atoms with van der Waals surface area (Å²) >= 11 is 0. The Morgan fingerprint density at radius 1 is 1.30 bits per heavy atom. The van der Waals surface area contributed by atoms with E-state index in [1.54, 1.807) is 13.8 Å². The van der Waals surface area contributed by atoms with Gasteiger partial charge in [-0.3, -0.25) is 4.90 Å². The van der Waals surface area contributed by atoms with Crippen LogP contribution < -0.4 is 5.73 Å². The molecule has 27 heavy (non-hydrogen) atoms. The number of likely N-dealkylation sites (N-methyl/N-ethyl adjacent to an activating group) is 1. The molecule has 150 valence electrons. The van der Waals surface area contributed by atoms with Gasteiger partial charge in [-0.1, -0.05) is 36.8 Å². The molecule has 3 N–H and O–H groups in total. The third-order valence-electron chi connectivity index (χ3n) is 4.27. The molecule has 0 aliphatic rings. The lowest BCUT2D eigenvalue weighted by molar-refractivity contribution is -0.137. The van der Waals surface area contributed by atoms with E-state index in [9.17, 15) is 18.3 Å². The zero-order valence-corrected chi connectivity index (χ0v) is 16.6. The number of halogens is 3. The average Bonchev–Trinajstić information content (AvgIpc) is 2.54. The maximum atomic E-state index is 13.0. The van der Waals surface area contributed by atoms with Gasteiger partial charge in [-0.15, -0.1) is 0 Å². The molecule has 0 aliphatic heterocycles. The van der Waals surface area contributed by atoms with E-state index in [1.807, 2.05) is 50.1 Å². The monoisotopic (exact) mass is 382 g/mol. The number of rotatable bonds is 7. The number of nitrogens with two attached hydrogens (primary N) is 1. The van der Waals surface area contributed by atoms with Crippen molar-refractivity contribution in [1.82, 2.24) is 4.90 Å².